The van der Waals surface area contributed by atoms with Crippen LogP contribution in [0.2, 0.25) is 5.02 Å². The van der Waals surface area contributed by atoms with E-state index in [4.69, 9.17) is 17.3 Å². The van der Waals surface area contributed by atoms with Crippen molar-refractivity contribution in [1.29, 1.82) is 0 Å². The number of hydrogen-bond acceptors (Lipinski definition) is 3. The zero-order chi connectivity index (χ0) is 10.6. The second-order valence-corrected chi connectivity index (χ2v) is 3.29. The molecule has 14 heavy (non-hydrogen) atoms. The lowest BCUT2D eigenvalue weighted by Gasteiger charge is -2.04. The lowest BCUT2D eigenvalue weighted by Crippen LogP contribution is -2.05. The van der Waals surface area contributed by atoms with Gasteiger partial charge in [0.25, 0.3) is 0 Å². The van der Waals surface area contributed by atoms with Crippen LogP contribution in [-0.2, 0) is 22.5 Å². The lowest BCUT2D eigenvalue weighted by molar-refractivity contribution is -0.139. The Bertz CT molecular complexity index is 339. The summed E-state index contributed by atoms with van der Waals surface area (Å²) in [5, 5.41) is 0.554. The monoisotopic (exact) mass is 213 g/mol. The van der Waals surface area contributed by atoms with Crippen molar-refractivity contribution in [2.75, 3.05) is 7.11 Å². The van der Waals surface area contributed by atoms with Crippen molar-refractivity contribution in [2.45, 2.75) is 13.0 Å². The Morgan fingerprint density at radius 2 is 2.29 bits per heavy atom. The standard InChI is InChI=1S/C10H12ClNO2/c1-14-10(13)5-8-3-2-7(6-12)4-9(8)11/h2-4H,5-6,12H2,1H3. The van der Waals surface area contributed by atoms with Crippen LogP contribution in [-0.4, -0.2) is 13.1 Å². The molecule has 0 aliphatic carbocycles. The Hall–Kier alpha value is -1.06. The Balaban J connectivity index is 2.83. The van der Waals surface area contributed by atoms with E-state index in [2.05, 4.69) is 4.74 Å². The van der Waals surface area contributed by atoms with Gasteiger partial charge in [-0.3, -0.25) is 4.79 Å². The molecule has 0 aromatic heterocycles. The van der Waals surface area contributed by atoms with E-state index in [0.717, 1.165) is 11.1 Å². The lowest BCUT2D eigenvalue weighted by atomic mass is 10.1. The van der Waals surface area contributed by atoms with Gasteiger partial charge in [0.05, 0.1) is 13.5 Å². The highest BCUT2D eigenvalue weighted by atomic mass is 35.5. The van der Waals surface area contributed by atoms with Gasteiger partial charge >= 0.3 is 5.97 Å². The number of carbonyl (C=O) groups excluding carboxylic acids is 1. The van der Waals surface area contributed by atoms with Crippen molar-refractivity contribution < 1.29 is 9.53 Å². The summed E-state index contributed by atoms with van der Waals surface area (Å²) < 4.78 is 4.54. The van der Waals surface area contributed by atoms with Crippen LogP contribution >= 0.6 is 11.6 Å². The summed E-state index contributed by atoms with van der Waals surface area (Å²) in [5.74, 6) is -0.299. The molecule has 4 heteroatoms. The average Bonchev–Trinajstić information content (AvgIpc) is 2.20. The minimum Gasteiger partial charge on any atom is -0.469 e. The van der Waals surface area contributed by atoms with Crippen molar-refractivity contribution in [2.24, 2.45) is 5.73 Å². The largest absolute Gasteiger partial charge is 0.469 e. The number of benzene rings is 1. The van der Waals surface area contributed by atoms with Gasteiger partial charge in [0.2, 0.25) is 0 Å². The van der Waals surface area contributed by atoms with E-state index in [1.165, 1.54) is 7.11 Å². The molecule has 1 aromatic carbocycles. The molecular weight excluding hydrogens is 202 g/mol. The average molecular weight is 214 g/mol. The van der Waals surface area contributed by atoms with Crippen molar-refractivity contribution in [3.05, 3.63) is 34.3 Å². The van der Waals surface area contributed by atoms with Gasteiger partial charge in [-0.25, -0.2) is 0 Å². The third-order valence-corrected chi connectivity index (χ3v) is 2.27. The van der Waals surface area contributed by atoms with E-state index in [1.807, 2.05) is 6.07 Å². The van der Waals surface area contributed by atoms with Gasteiger partial charge in [-0.15, -0.1) is 0 Å². The minimum atomic E-state index is -0.299. The fourth-order valence-corrected chi connectivity index (χ4v) is 1.36. The maximum absolute atomic E-state index is 11.0. The second kappa shape index (κ2) is 4.98. The molecule has 0 aliphatic heterocycles. The summed E-state index contributed by atoms with van der Waals surface area (Å²) in [6, 6.07) is 5.41. The van der Waals surface area contributed by atoms with Crippen molar-refractivity contribution in [1.82, 2.24) is 0 Å². The molecular formula is C10H12ClNO2. The van der Waals surface area contributed by atoms with Gasteiger partial charge in [-0.1, -0.05) is 23.7 Å². The molecule has 0 amide bonds. The van der Waals surface area contributed by atoms with Crippen molar-refractivity contribution in [3.8, 4) is 0 Å². The minimum absolute atomic E-state index is 0.195. The third-order valence-electron chi connectivity index (χ3n) is 1.92. The molecule has 0 bridgehead atoms. The van der Waals surface area contributed by atoms with Crippen LogP contribution in [0.25, 0.3) is 0 Å². The topological polar surface area (TPSA) is 52.3 Å². The van der Waals surface area contributed by atoms with E-state index in [9.17, 15) is 4.79 Å². The molecule has 0 radical (unpaired) electrons. The molecule has 0 heterocycles. The number of methoxy groups -OCH3 is 1. The first-order valence-electron chi connectivity index (χ1n) is 4.21. The Morgan fingerprint density at radius 3 is 2.79 bits per heavy atom. The summed E-state index contributed by atoms with van der Waals surface area (Å²) in [4.78, 5) is 11.0. The zero-order valence-electron chi connectivity index (χ0n) is 7.92. The van der Waals surface area contributed by atoms with E-state index < -0.39 is 0 Å². The van der Waals surface area contributed by atoms with E-state index in [-0.39, 0.29) is 12.4 Å². The molecule has 0 atom stereocenters. The molecule has 0 spiro atoms. The molecule has 0 unspecified atom stereocenters. The molecule has 2 N–H and O–H groups in total. The van der Waals surface area contributed by atoms with Gasteiger partial charge in [-0.05, 0) is 17.2 Å². The Labute approximate surface area is 87.8 Å². The van der Waals surface area contributed by atoms with Crippen LogP contribution in [0.4, 0.5) is 0 Å². The molecule has 1 rings (SSSR count). The van der Waals surface area contributed by atoms with Gasteiger partial charge in [-0.2, -0.15) is 0 Å². The summed E-state index contributed by atoms with van der Waals surface area (Å²) >= 11 is 5.95. The van der Waals surface area contributed by atoms with Crippen LogP contribution in [0.5, 0.6) is 0 Å². The Kier molecular flexibility index (Phi) is 3.92. The summed E-state index contributed by atoms with van der Waals surface area (Å²) in [6.07, 6.45) is 0.195. The molecule has 1 aromatic rings. The fourth-order valence-electron chi connectivity index (χ4n) is 1.09. The molecule has 0 aliphatic rings. The van der Waals surface area contributed by atoms with Crippen LogP contribution in [0.15, 0.2) is 18.2 Å². The number of hydrogen-bond donors (Lipinski definition) is 1. The van der Waals surface area contributed by atoms with Crippen molar-refractivity contribution in [3.63, 3.8) is 0 Å². The highest BCUT2D eigenvalue weighted by Gasteiger charge is 2.06. The highest BCUT2D eigenvalue weighted by Crippen LogP contribution is 2.18. The predicted octanol–water partition coefficient (Wildman–Crippen LogP) is 1.51. The van der Waals surface area contributed by atoms with Crippen LogP contribution in [0.3, 0.4) is 0 Å². The van der Waals surface area contributed by atoms with Gasteiger partial charge in [0, 0.05) is 11.6 Å². The van der Waals surface area contributed by atoms with E-state index >= 15 is 0 Å². The summed E-state index contributed by atoms with van der Waals surface area (Å²) in [6.45, 7) is 0.443. The number of halogens is 1. The number of rotatable bonds is 3. The number of ether oxygens (including phenoxy) is 1. The molecule has 0 fully saturated rings. The predicted molar refractivity (Wildman–Crippen MR) is 55.1 cm³/mol. The molecule has 76 valence electrons. The molecule has 0 saturated heterocycles. The number of nitrogens with two attached hydrogens (primary N) is 1. The van der Waals surface area contributed by atoms with Gasteiger partial charge in [0.15, 0.2) is 0 Å². The maximum Gasteiger partial charge on any atom is 0.310 e. The first-order valence-corrected chi connectivity index (χ1v) is 4.59. The third kappa shape index (κ3) is 2.72. The Morgan fingerprint density at radius 1 is 1.57 bits per heavy atom. The number of carbonyl (C=O) groups is 1. The van der Waals surface area contributed by atoms with Crippen molar-refractivity contribution >= 4 is 17.6 Å². The van der Waals surface area contributed by atoms with E-state index in [1.54, 1.807) is 12.1 Å². The van der Waals surface area contributed by atoms with Crippen LogP contribution < -0.4 is 5.73 Å². The molecule has 0 saturated carbocycles. The smallest absolute Gasteiger partial charge is 0.310 e. The number of esters is 1. The zero-order valence-corrected chi connectivity index (χ0v) is 8.67. The second-order valence-electron chi connectivity index (χ2n) is 2.88. The van der Waals surface area contributed by atoms with Crippen LogP contribution in [0.1, 0.15) is 11.1 Å². The first-order chi connectivity index (χ1) is 6.67. The molecule has 3 nitrogen and oxygen atoms in total. The maximum atomic E-state index is 11.0. The summed E-state index contributed by atoms with van der Waals surface area (Å²) in [7, 11) is 1.35. The normalized spacial score (nSPS) is 9.93. The summed E-state index contributed by atoms with van der Waals surface area (Å²) in [5.41, 5.74) is 7.15. The highest BCUT2D eigenvalue weighted by molar-refractivity contribution is 6.31. The van der Waals surface area contributed by atoms with E-state index in [0.29, 0.717) is 11.6 Å². The van der Waals surface area contributed by atoms with Gasteiger partial charge in [0.1, 0.15) is 0 Å². The fraction of sp³-hybridized carbons (Fsp3) is 0.300. The SMILES string of the molecule is COC(=O)Cc1ccc(CN)cc1Cl. The van der Waals surface area contributed by atoms with Crippen LogP contribution in [0, 0.1) is 0 Å². The first kappa shape index (κ1) is 11.0. The quantitative estimate of drug-likeness (QED) is 0.775. The van der Waals surface area contributed by atoms with Gasteiger partial charge < -0.3 is 10.5 Å².